The lowest BCUT2D eigenvalue weighted by molar-refractivity contribution is 0.128. The number of rotatable bonds is 4. The van der Waals surface area contributed by atoms with E-state index in [0.29, 0.717) is 5.54 Å². The van der Waals surface area contributed by atoms with Gasteiger partial charge in [0, 0.05) is 43.3 Å². The summed E-state index contributed by atoms with van der Waals surface area (Å²) in [6.45, 7) is 4.31. The predicted octanol–water partition coefficient (Wildman–Crippen LogP) is 2.42. The maximum atomic E-state index is 5.52. The van der Waals surface area contributed by atoms with Crippen LogP contribution in [-0.4, -0.2) is 44.3 Å². The second-order valence-electron chi connectivity index (χ2n) is 6.30. The van der Waals surface area contributed by atoms with E-state index in [4.69, 9.17) is 9.47 Å². The van der Waals surface area contributed by atoms with E-state index >= 15 is 0 Å². The summed E-state index contributed by atoms with van der Waals surface area (Å²) >= 11 is 0. The van der Waals surface area contributed by atoms with E-state index < -0.39 is 0 Å². The highest BCUT2D eigenvalue weighted by atomic mass is 16.5. The van der Waals surface area contributed by atoms with E-state index in [1.54, 1.807) is 14.2 Å². The summed E-state index contributed by atoms with van der Waals surface area (Å²) in [5.74, 6) is 1.77. The molecule has 2 fully saturated rings. The zero-order chi connectivity index (χ0) is 14.7. The van der Waals surface area contributed by atoms with E-state index in [-0.39, 0.29) is 0 Å². The molecule has 4 heteroatoms. The fourth-order valence-electron chi connectivity index (χ4n) is 3.79. The first-order valence-corrected chi connectivity index (χ1v) is 7.93. The van der Waals surface area contributed by atoms with Crippen molar-refractivity contribution in [3.8, 4) is 11.5 Å². The molecule has 116 valence electrons. The van der Waals surface area contributed by atoms with Crippen LogP contribution in [0.3, 0.4) is 0 Å². The first kappa shape index (κ1) is 14.7. The van der Waals surface area contributed by atoms with Gasteiger partial charge in [0.2, 0.25) is 0 Å². The van der Waals surface area contributed by atoms with Gasteiger partial charge in [-0.1, -0.05) is 18.9 Å². The monoisotopic (exact) mass is 290 g/mol. The van der Waals surface area contributed by atoms with Crippen molar-refractivity contribution in [1.82, 2.24) is 10.2 Å². The summed E-state index contributed by atoms with van der Waals surface area (Å²) in [6.07, 6.45) is 5.38. The summed E-state index contributed by atoms with van der Waals surface area (Å²) in [5.41, 5.74) is 1.62. The van der Waals surface area contributed by atoms with Crippen LogP contribution in [0, 0.1) is 0 Å². The molecule has 1 aliphatic carbocycles. The van der Waals surface area contributed by atoms with Crippen LogP contribution in [0.15, 0.2) is 18.2 Å². The minimum Gasteiger partial charge on any atom is -0.497 e. The van der Waals surface area contributed by atoms with E-state index in [9.17, 15) is 0 Å². The SMILES string of the molecule is COc1ccc(CN2CCNC3(CCCC3)C2)c(OC)c1. The number of hydrogen-bond donors (Lipinski definition) is 1. The summed E-state index contributed by atoms with van der Waals surface area (Å²) in [4.78, 5) is 2.56. The van der Waals surface area contributed by atoms with Crippen molar-refractivity contribution in [3.63, 3.8) is 0 Å². The lowest BCUT2D eigenvalue weighted by atomic mass is 9.94. The molecule has 1 N–H and O–H groups in total. The Kier molecular flexibility index (Phi) is 4.36. The van der Waals surface area contributed by atoms with Gasteiger partial charge < -0.3 is 14.8 Å². The lowest BCUT2D eigenvalue weighted by Crippen LogP contribution is -2.58. The van der Waals surface area contributed by atoms with Gasteiger partial charge in [-0.3, -0.25) is 4.90 Å². The molecule has 21 heavy (non-hydrogen) atoms. The Labute approximate surface area is 127 Å². The Morgan fingerprint density at radius 2 is 2.00 bits per heavy atom. The fourth-order valence-corrected chi connectivity index (χ4v) is 3.79. The number of ether oxygens (including phenoxy) is 2. The predicted molar refractivity (Wildman–Crippen MR) is 84.0 cm³/mol. The maximum Gasteiger partial charge on any atom is 0.127 e. The molecule has 0 aromatic heterocycles. The molecular weight excluding hydrogens is 264 g/mol. The number of hydrogen-bond acceptors (Lipinski definition) is 4. The molecule has 0 radical (unpaired) electrons. The highest BCUT2D eigenvalue weighted by Crippen LogP contribution is 2.33. The molecular formula is C17H26N2O2. The smallest absolute Gasteiger partial charge is 0.127 e. The molecule has 1 saturated heterocycles. The van der Waals surface area contributed by atoms with Gasteiger partial charge in [-0.15, -0.1) is 0 Å². The van der Waals surface area contributed by atoms with E-state index in [0.717, 1.165) is 37.7 Å². The van der Waals surface area contributed by atoms with Crippen LogP contribution in [0.2, 0.25) is 0 Å². The highest BCUT2D eigenvalue weighted by molar-refractivity contribution is 5.40. The summed E-state index contributed by atoms with van der Waals surface area (Å²) in [5, 5.41) is 3.76. The van der Waals surface area contributed by atoms with E-state index in [2.05, 4.69) is 16.3 Å². The summed E-state index contributed by atoms with van der Waals surface area (Å²) < 4.78 is 10.8. The highest BCUT2D eigenvalue weighted by Gasteiger charge is 2.37. The molecule has 0 atom stereocenters. The van der Waals surface area contributed by atoms with Gasteiger partial charge in [-0.05, 0) is 18.9 Å². The average molecular weight is 290 g/mol. The third kappa shape index (κ3) is 3.16. The first-order valence-electron chi connectivity index (χ1n) is 7.93. The molecule has 1 aromatic carbocycles. The molecule has 4 nitrogen and oxygen atoms in total. The van der Waals surface area contributed by atoms with Crippen molar-refractivity contribution in [2.75, 3.05) is 33.9 Å². The van der Waals surface area contributed by atoms with Crippen molar-refractivity contribution < 1.29 is 9.47 Å². The minimum absolute atomic E-state index is 0.373. The second-order valence-corrected chi connectivity index (χ2v) is 6.30. The summed E-state index contributed by atoms with van der Waals surface area (Å²) in [6, 6.07) is 6.12. The van der Waals surface area contributed by atoms with Crippen LogP contribution in [0.25, 0.3) is 0 Å². The number of benzene rings is 1. The Bertz CT molecular complexity index is 484. The van der Waals surface area contributed by atoms with E-state index in [1.165, 1.54) is 31.2 Å². The molecule has 1 aliphatic heterocycles. The van der Waals surface area contributed by atoms with Crippen LogP contribution in [0.1, 0.15) is 31.2 Å². The zero-order valence-electron chi connectivity index (χ0n) is 13.2. The van der Waals surface area contributed by atoms with Gasteiger partial charge in [0.1, 0.15) is 11.5 Å². The number of methoxy groups -OCH3 is 2. The molecule has 3 rings (SSSR count). The molecule has 0 bridgehead atoms. The van der Waals surface area contributed by atoms with Crippen LogP contribution < -0.4 is 14.8 Å². The van der Waals surface area contributed by atoms with Crippen LogP contribution >= 0.6 is 0 Å². The lowest BCUT2D eigenvalue weighted by Gasteiger charge is -2.41. The van der Waals surface area contributed by atoms with Crippen molar-refractivity contribution in [1.29, 1.82) is 0 Å². The van der Waals surface area contributed by atoms with E-state index in [1.807, 2.05) is 12.1 Å². The van der Waals surface area contributed by atoms with Crippen LogP contribution in [0.5, 0.6) is 11.5 Å². The van der Waals surface area contributed by atoms with Crippen molar-refractivity contribution in [2.24, 2.45) is 0 Å². The second kappa shape index (κ2) is 6.24. The molecule has 0 amide bonds. The van der Waals surface area contributed by atoms with Crippen LogP contribution in [0.4, 0.5) is 0 Å². The van der Waals surface area contributed by atoms with Gasteiger partial charge in [0.05, 0.1) is 14.2 Å². The number of piperazine rings is 1. The van der Waals surface area contributed by atoms with Gasteiger partial charge in [0.15, 0.2) is 0 Å². The topological polar surface area (TPSA) is 33.7 Å². The van der Waals surface area contributed by atoms with Gasteiger partial charge in [0.25, 0.3) is 0 Å². The first-order chi connectivity index (χ1) is 10.2. The standard InChI is InChI=1S/C17H26N2O2/c1-20-15-6-5-14(16(11-15)21-2)12-19-10-9-18-17(13-19)7-3-4-8-17/h5-6,11,18H,3-4,7-10,12-13H2,1-2H3. The van der Waals surface area contributed by atoms with Gasteiger partial charge >= 0.3 is 0 Å². The normalized spacial score (nSPS) is 21.6. The molecule has 0 unspecified atom stereocenters. The van der Waals surface area contributed by atoms with Gasteiger partial charge in [-0.2, -0.15) is 0 Å². The Morgan fingerprint density at radius 3 is 2.71 bits per heavy atom. The van der Waals surface area contributed by atoms with Crippen molar-refractivity contribution in [2.45, 2.75) is 37.8 Å². The average Bonchev–Trinajstić information content (AvgIpc) is 2.95. The molecule has 2 aliphatic rings. The van der Waals surface area contributed by atoms with Crippen molar-refractivity contribution >= 4 is 0 Å². The number of nitrogens with one attached hydrogen (secondary N) is 1. The number of nitrogens with zero attached hydrogens (tertiary/aromatic N) is 1. The third-order valence-corrected chi connectivity index (χ3v) is 4.90. The zero-order valence-corrected chi connectivity index (χ0v) is 13.2. The van der Waals surface area contributed by atoms with Crippen LogP contribution in [-0.2, 0) is 6.54 Å². The van der Waals surface area contributed by atoms with Crippen molar-refractivity contribution in [3.05, 3.63) is 23.8 Å². The maximum absolute atomic E-state index is 5.52. The Hall–Kier alpha value is -1.26. The molecule has 1 aromatic rings. The molecule has 1 heterocycles. The molecule has 1 saturated carbocycles. The summed E-state index contributed by atoms with van der Waals surface area (Å²) in [7, 11) is 3.42. The minimum atomic E-state index is 0.373. The quantitative estimate of drug-likeness (QED) is 0.923. The fraction of sp³-hybridized carbons (Fsp3) is 0.647. The third-order valence-electron chi connectivity index (χ3n) is 4.90. The Morgan fingerprint density at radius 1 is 1.19 bits per heavy atom. The molecule has 1 spiro atoms. The largest absolute Gasteiger partial charge is 0.497 e. The van der Waals surface area contributed by atoms with Gasteiger partial charge in [-0.25, -0.2) is 0 Å². The Balaban J connectivity index is 1.71.